The average Bonchev–Trinajstić information content (AvgIpc) is 3.19. The molecule has 2 aliphatic rings. The molecule has 4 rings (SSSR count). The number of nitrogens with one attached hydrogen (secondary N) is 2. The van der Waals surface area contributed by atoms with Gasteiger partial charge in [0, 0.05) is 6.21 Å². The Bertz CT molecular complexity index is 1320. The Balaban J connectivity index is 1.59. The molecule has 1 unspecified atom stereocenters. The quantitative estimate of drug-likeness (QED) is 0.712. The molecule has 0 aliphatic carbocycles. The Labute approximate surface area is 181 Å². The lowest BCUT2D eigenvalue weighted by Crippen LogP contribution is -2.38. The SMILES string of the molecule is COC1=NN=C2N=CC(NC(=O)c3c(F)ccc(NS(=O)(=O)c4ccccc4)c3F)C=C21. The van der Waals surface area contributed by atoms with Gasteiger partial charge in [-0.15, -0.1) is 10.2 Å². The first kappa shape index (κ1) is 21.3. The third-order valence-corrected chi connectivity index (χ3v) is 5.90. The zero-order valence-corrected chi connectivity index (χ0v) is 17.2. The van der Waals surface area contributed by atoms with Crippen LogP contribution in [0.25, 0.3) is 0 Å². The van der Waals surface area contributed by atoms with Gasteiger partial charge in [-0.3, -0.25) is 9.52 Å². The van der Waals surface area contributed by atoms with E-state index in [1.54, 1.807) is 6.07 Å². The number of carbonyl (C=O) groups is 1. The van der Waals surface area contributed by atoms with Gasteiger partial charge in [-0.05, 0) is 30.3 Å². The number of hydrogen-bond acceptors (Lipinski definition) is 7. The summed E-state index contributed by atoms with van der Waals surface area (Å²) in [4.78, 5) is 16.5. The second kappa shape index (κ2) is 8.30. The van der Waals surface area contributed by atoms with Crippen LogP contribution in [0.2, 0.25) is 0 Å². The van der Waals surface area contributed by atoms with Gasteiger partial charge in [0.1, 0.15) is 11.4 Å². The smallest absolute Gasteiger partial charge is 0.261 e. The molecule has 0 fully saturated rings. The number of hydrogen-bond donors (Lipinski definition) is 2. The third kappa shape index (κ3) is 3.99. The van der Waals surface area contributed by atoms with Crippen molar-refractivity contribution in [3.05, 3.63) is 71.3 Å². The number of halogens is 2. The molecule has 9 nitrogen and oxygen atoms in total. The first-order valence-corrected chi connectivity index (χ1v) is 10.6. The molecule has 2 heterocycles. The number of amides is 1. The fourth-order valence-corrected chi connectivity index (χ4v) is 4.09. The van der Waals surface area contributed by atoms with Crippen LogP contribution in [-0.2, 0) is 14.8 Å². The minimum absolute atomic E-state index is 0.121. The van der Waals surface area contributed by atoms with E-state index in [1.165, 1.54) is 43.7 Å². The number of nitrogens with zero attached hydrogens (tertiary/aromatic N) is 3. The summed E-state index contributed by atoms with van der Waals surface area (Å²) in [7, 11) is -2.77. The predicted octanol–water partition coefficient (Wildman–Crippen LogP) is 2.25. The average molecular weight is 459 g/mol. The molecule has 1 atom stereocenters. The van der Waals surface area contributed by atoms with Crippen molar-refractivity contribution in [3.63, 3.8) is 0 Å². The van der Waals surface area contributed by atoms with Crippen LogP contribution in [0.1, 0.15) is 10.4 Å². The topological polar surface area (TPSA) is 122 Å². The number of dihydropyridines is 1. The number of anilines is 1. The molecule has 0 bridgehead atoms. The highest BCUT2D eigenvalue weighted by atomic mass is 32.2. The summed E-state index contributed by atoms with van der Waals surface area (Å²) in [5.74, 6) is -3.16. The summed E-state index contributed by atoms with van der Waals surface area (Å²) < 4.78 is 61.3. The normalized spacial score (nSPS) is 17.1. The zero-order valence-electron chi connectivity index (χ0n) is 16.4. The maximum atomic E-state index is 15.0. The monoisotopic (exact) mass is 459 g/mol. The predicted molar refractivity (Wildman–Crippen MR) is 113 cm³/mol. The maximum absolute atomic E-state index is 15.0. The van der Waals surface area contributed by atoms with Gasteiger partial charge in [0.05, 0.1) is 29.3 Å². The number of rotatable bonds is 5. The van der Waals surface area contributed by atoms with Gasteiger partial charge in [-0.2, -0.15) is 0 Å². The molecule has 0 spiro atoms. The number of aliphatic imine (C=N–C) groups is 1. The van der Waals surface area contributed by atoms with Gasteiger partial charge in [-0.25, -0.2) is 22.2 Å². The Kier molecular flexibility index (Phi) is 5.53. The van der Waals surface area contributed by atoms with E-state index in [4.69, 9.17) is 4.74 Å². The van der Waals surface area contributed by atoms with E-state index in [0.717, 1.165) is 12.1 Å². The summed E-state index contributed by atoms with van der Waals surface area (Å²) in [6.45, 7) is 0. The Morgan fingerprint density at radius 1 is 1.09 bits per heavy atom. The second-order valence-corrected chi connectivity index (χ2v) is 8.28. The van der Waals surface area contributed by atoms with E-state index in [2.05, 4.69) is 20.5 Å². The first-order chi connectivity index (χ1) is 15.3. The number of carbonyl (C=O) groups excluding carboxylic acids is 1. The number of fused-ring (bicyclic) bond motifs is 1. The van der Waals surface area contributed by atoms with Crippen LogP contribution >= 0.6 is 0 Å². The van der Waals surface area contributed by atoms with Crippen molar-refractivity contribution in [3.8, 4) is 0 Å². The Morgan fingerprint density at radius 2 is 1.84 bits per heavy atom. The third-order valence-electron chi connectivity index (χ3n) is 4.52. The van der Waals surface area contributed by atoms with E-state index in [1.807, 2.05) is 4.72 Å². The van der Waals surface area contributed by atoms with Crippen molar-refractivity contribution in [2.45, 2.75) is 10.9 Å². The van der Waals surface area contributed by atoms with Gasteiger partial charge in [0.25, 0.3) is 15.9 Å². The molecule has 0 saturated heterocycles. The van der Waals surface area contributed by atoms with Crippen molar-refractivity contribution in [1.82, 2.24) is 5.32 Å². The minimum atomic E-state index is -4.15. The minimum Gasteiger partial charge on any atom is -0.479 e. The highest BCUT2D eigenvalue weighted by Gasteiger charge is 2.28. The Hall–Kier alpha value is -3.93. The molecule has 0 saturated carbocycles. The number of methoxy groups -OCH3 is 1. The largest absolute Gasteiger partial charge is 0.479 e. The maximum Gasteiger partial charge on any atom is 0.261 e. The lowest BCUT2D eigenvalue weighted by molar-refractivity contribution is 0.0944. The van der Waals surface area contributed by atoms with E-state index < -0.39 is 44.9 Å². The van der Waals surface area contributed by atoms with Crippen LogP contribution in [0.5, 0.6) is 0 Å². The molecule has 2 aromatic carbocycles. The van der Waals surface area contributed by atoms with Crippen LogP contribution in [0.15, 0.2) is 74.2 Å². The summed E-state index contributed by atoms with van der Waals surface area (Å²) in [5.41, 5.74) is -1.10. The number of benzene rings is 2. The van der Waals surface area contributed by atoms with Crippen molar-refractivity contribution in [2.24, 2.45) is 15.2 Å². The van der Waals surface area contributed by atoms with Crippen LogP contribution in [0.4, 0.5) is 14.5 Å². The molecule has 12 heteroatoms. The van der Waals surface area contributed by atoms with Crippen LogP contribution in [0, 0.1) is 11.6 Å². The van der Waals surface area contributed by atoms with E-state index in [-0.39, 0.29) is 16.6 Å². The second-order valence-electron chi connectivity index (χ2n) is 6.59. The molecule has 2 aliphatic heterocycles. The fourth-order valence-electron chi connectivity index (χ4n) is 3.01. The van der Waals surface area contributed by atoms with Crippen molar-refractivity contribution >= 4 is 39.6 Å². The van der Waals surface area contributed by atoms with Crippen LogP contribution in [-0.4, -0.2) is 45.4 Å². The molecule has 2 N–H and O–H groups in total. The molecule has 32 heavy (non-hydrogen) atoms. The van der Waals surface area contributed by atoms with Crippen LogP contribution < -0.4 is 10.0 Å². The summed E-state index contributed by atoms with van der Waals surface area (Å²) in [6, 6.07) is 8.09. The Morgan fingerprint density at radius 3 is 2.56 bits per heavy atom. The first-order valence-electron chi connectivity index (χ1n) is 9.13. The highest BCUT2D eigenvalue weighted by Crippen LogP contribution is 2.24. The van der Waals surface area contributed by atoms with Crippen molar-refractivity contribution in [1.29, 1.82) is 0 Å². The van der Waals surface area contributed by atoms with Crippen molar-refractivity contribution < 1.29 is 26.7 Å². The number of amidine groups is 1. The van der Waals surface area contributed by atoms with Gasteiger partial charge in [-0.1, -0.05) is 18.2 Å². The van der Waals surface area contributed by atoms with Crippen LogP contribution in [0.3, 0.4) is 0 Å². The molecule has 0 radical (unpaired) electrons. The number of ether oxygens (including phenoxy) is 1. The zero-order chi connectivity index (χ0) is 22.9. The molecule has 1 amide bonds. The summed E-state index contributed by atoms with van der Waals surface area (Å²) >= 11 is 0. The number of sulfonamides is 1. The van der Waals surface area contributed by atoms with Gasteiger partial charge < -0.3 is 10.1 Å². The highest BCUT2D eigenvalue weighted by molar-refractivity contribution is 7.92. The van der Waals surface area contributed by atoms with Gasteiger partial charge in [0.15, 0.2) is 11.7 Å². The fraction of sp³-hybridized carbons (Fsp3) is 0.100. The lowest BCUT2D eigenvalue weighted by atomic mass is 10.1. The van der Waals surface area contributed by atoms with Crippen molar-refractivity contribution in [2.75, 3.05) is 11.8 Å². The molecular weight excluding hydrogens is 444 g/mol. The van der Waals surface area contributed by atoms with E-state index in [0.29, 0.717) is 5.57 Å². The summed E-state index contributed by atoms with van der Waals surface area (Å²) in [5, 5.41) is 9.98. The standard InChI is InChI=1S/C20H15F2N5O4S/c1-31-20-13-9-11(10-23-18(13)25-26-20)24-19(28)16-14(21)7-8-15(17(16)22)27-32(29,30)12-5-3-2-4-6-12/h2-11,27H,1H3,(H,24,28). The van der Waals surface area contributed by atoms with E-state index >= 15 is 0 Å². The lowest BCUT2D eigenvalue weighted by Gasteiger charge is -2.17. The summed E-state index contributed by atoms with van der Waals surface area (Å²) in [6.07, 6.45) is 2.82. The molecular formula is C20H15F2N5O4S. The molecule has 2 aromatic rings. The van der Waals surface area contributed by atoms with Gasteiger partial charge in [0.2, 0.25) is 5.90 Å². The van der Waals surface area contributed by atoms with Gasteiger partial charge >= 0.3 is 0 Å². The molecule has 0 aromatic heterocycles. The molecule has 164 valence electrons. The van der Waals surface area contributed by atoms with E-state index in [9.17, 15) is 22.0 Å².